The molecule has 1 aromatic rings. The van der Waals surface area contributed by atoms with E-state index in [2.05, 4.69) is 24.1 Å². The third-order valence-corrected chi connectivity index (χ3v) is 2.97. The van der Waals surface area contributed by atoms with Crippen LogP contribution in [-0.4, -0.2) is 24.1 Å². The van der Waals surface area contributed by atoms with Gasteiger partial charge in [0, 0.05) is 6.04 Å². The van der Waals surface area contributed by atoms with E-state index in [0.29, 0.717) is 17.1 Å². The Morgan fingerprint density at radius 1 is 1.53 bits per heavy atom. The molecule has 0 saturated heterocycles. The van der Waals surface area contributed by atoms with Crippen LogP contribution in [0.4, 0.5) is 11.5 Å². The van der Waals surface area contributed by atoms with Crippen LogP contribution >= 0.6 is 0 Å². The van der Waals surface area contributed by atoms with Gasteiger partial charge in [0.2, 0.25) is 0 Å². The maximum Gasteiger partial charge on any atom is 0.340 e. The second kappa shape index (κ2) is 7.61. The Bertz CT molecular complexity index is 421. The number of carbonyl (C=O) groups is 1. The lowest BCUT2D eigenvalue weighted by Gasteiger charge is -2.17. The van der Waals surface area contributed by atoms with Gasteiger partial charge in [-0.1, -0.05) is 26.2 Å². The first-order chi connectivity index (χ1) is 9.08. The number of aromatic nitrogens is 1. The maximum absolute atomic E-state index is 11.7. The minimum absolute atomic E-state index is 0.278. The number of anilines is 2. The smallest absolute Gasteiger partial charge is 0.340 e. The van der Waals surface area contributed by atoms with E-state index in [1.807, 2.05) is 0 Å². The summed E-state index contributed by atoms with van der Waals surface area (Å²) in [5.74, 6) is -0.0954. The molecule has 0 bridgehead atoms. The van der Waals surface area contributed by atoms with E-state index in [9.17, 15) is 4.79 Å². The molecule has 0 aliphatic heterocycles. The number of nitrogens with zero attached hydrogens (tertiary/aromatic N) is 1. The first kappa shape index (κ1) is 15.3. The highest BCUT2D eigenvalue weighted by Crippen LogP contribution is 2.19. The normalized spacial score (nSPS) is 11.9. The fourth-order valence-electron chi connectivity index (χ4n) is 1.90. The van der Waals surface area contributed by atoms with Crippen LogP contribution in [0.1, 0.15) is 49.9 Å². The number of carbonyl (C=O) groups excluding carboxylic acids is 1. The van der Waals surface area contributed by atoms with E-state index in [4.69, 9.17) is 10.5 Å². The zero-order valence-electron chi connectivity index (χ0n) is 11.9. The van der Waals surface area contributed by atoms with E-state index in [1.54, 1.807) is 6.20 Å². The predicted molar refractivity (Wildman–Crippen MR) is 77.2 cm³/mol. The zero-order valence-corrected chi connectivity index (χ0v) is 11.9. The monoisotopic (exact) mass is 265 g/mol. The van der Waals surface area contributed by atoms with Crippen LogP contribution in [0.15, 0.2) is 12.3 Å². The largest absolute Gasteiger partial charge is 0.465 e. The van der Waals surface area contributed by atoms with Gasteiger partial charge < -0.3 is 15.8 Å². The fraction of sp³-hybridized carbons (Fsp3) is 0.571. The topological polar surface area (TPSA) is 77.2 Å². The molecule has 1 rings (SSSR count). The van der Waals surface area contributed by atoms with Crippen molar-refractivity contribution in [2.75, 3.05) is 18.2 Å². The van der Waals surface area contributed by atoms with Crippen molar-refractivity contribution in [1.29, 1.82) is 0 Å². The Kier molecular flexibility index (Phi) is 6.12. The molecule has 0 saturated carbocycles. The van der Waals surface area contributed by atoms with Crippen molar-refractivity contribution in [2.24, 2.45) is 0 Å². The number of nitrogens with two attached hydrogens (primary N) is 1. The SMILES string of the molecule is CCCCCC(C)Nc1cnc(N)cc1C(=O)OC. The molecule has 1 aromatic heterocycles. The van der Waals surface area contributed by atoms with E-state index in [1.165, 1.54) is 32.4 Å². The average Bonchev–Trinajstić information content (AvgIpc) is 2.40. The predicted octanol–water partition coefficient (Wildman–Crippen LogP) is 2.83. The summed E-state index contributed by atoms with van der Waals surface area (Å²) >= 11 is 0. The third-order valence-electron chi connectivity index (χ3n) is 2.97. The zero-order chi connectivity index (χ0) is 14.3. The lowest BCUT2D eigenvalue weighted by molar-refractivity contribution is 0.0601. The number of ether oxygens (including phenoxy) is 1. The van der Waals surface area contributed by atoms with E-state index < -0.39 is 5.97 Å². The quantitative estimate of drug-likeness (QED) is 0.585. The molecule has 5 heteroatoms. The molecule has 0 aliphatic carbocycles. The second-order valence-corrected chi connectivity index (χ2v) is 4.69. The average molecular weight is 265 g/mol. The van der Waals surface area contributed by atoms with E-state index in [-0.39, 0.29) is 6.04 Å². The highest BCUT2D eigenvalue weighted by atomic mass is 16.5. The Labute approximate surface area is 114 Å². The van der Waals surface area contributed by atoms with Crippen molar-refractivity contribution >= 4 is 17.5 Å². The molecular formula is C14H23N3O2. The van der Waals surface area contributed by atoms with Gasteiger partial charge in [-0.3, -0.25) is 0 Å². The van der Waals surface area contributed by atoms with Crippen LogP contribution in [0.25, 0.3) is 0 Å². The summed E-state index contributed by atoms with van der Waals surface area (Å²) in [4.78, 5) is 15.7. The standard InChI is InChI=1S/C14H23N3O2/c1-4-5-6-7-10(2)17-12-9-16-13(15)8-11(12)14(18)19-3/h8-10,17H,4-7H2,1-3H3,(H2,15,16). The first-order valence-corrected chi connectivity index (χ1v) is 6.68. The number of pyridine rings is 1. The van der Waals surface area contributed by atoms with Crippen LogP contribution in [0, 0.1) is 0 Å². The van der Waals surface area contributed by atoms with Crippen molar-refractivity contribution in [3.05, 3.63) is 17.8 Å². The van der Waals surface area contributed by atoms with Gasteiger partial charge in [-0.15, -0.1) is 0 Å². The van der Waals surface area contributed by atoms with Crippen LogP contribution in [0.2, 0.25) is 0 Å². The highest BCUT2D eigenvalue weighted by Gasteiger charge is 2.14. The second-order valence-electron chi connectivity index (χ2n) is 4.69. The molecule has 0 aliphatic rings. The van der Waals surface area contributed by atoms with Crippen LogP contribution in [-0.2, 0) is 4.74 Å². The van der Waals surface area contributed by atoms with Crippen molar-refractivity contribution in [3.8, 4) is 0 Å². The molecule has 0 spiro atoms. The van der Waals surface area contributed by atoms with Crippen LogP contribution in [0.5, 0.6) is 0 Å². The van der Waals surface area contributed by atoms with Crippen molar-refractivity contribution in [3.63, 3.8) is 0 Å². The Balaban J connectivity index is 2.74. The number of nitrogens with one attached hydrogen (secondary N) is 1. The van der Waals surface area contributed by atoms with Gasteiger partial charge in [-0.25, -0.2) is 9.78 Å². The summed E-state index contributed by atoms with van der Waals surface area (Å²) in [5, 5.41) is 3.29. The van der Waals surface area contributed by atoms with Gasteiger partial charge in [-0.2, -0.15) is 0 Å². The molecule has 1 atom stereocenters. The minimum atomic E-state index is -0.405. The van der Waals surface area contributed by atoms with Gasteiger partial charge in [0.1, 0.15) is 5.82 Å². The number of rotatable bonds is 7. The maximum atomic E-state index is 11.7. The summed E-state index contributed by atoms with van der Waals surface area (Å²) in [5.41, 5.74) is 6.70. The van der Waals surface area contributed by atoms with Crippen molar-refractivity contribution < 1.29 is 9.53 Å². The molecule has 0 fully saturated rings. The van der Waals surface area contributed by atoms with Crippen LogP contribution < -0.4 is 11.1 Å². The van der Waals surface area contributed by atoms with Gasteiger partial charge in [-0.05, 0) is 19.4 Å². The van der Waals surface area contributed by atoms with Gasteiger partial charge >= 0.3 is 5.97 Å². The Morgan fingerprint density at radius 2 is 2.26 bits per heavy atom. The number of unbranched alkanes of at least 4 members (excludes halogenated alkanes) is 2. The number of methoxy groups -OCH3 is 1. The van der Waals surface area contributed by atoms with E-state index >= 15 is 0 Å². The van der Waals surface area contributed by atoms with Gasteiger partial charge in [0.15, 0.2) is 0 Å². The minimum Gasteiger partial charge on any atom is -0.465 e. The summed E-state index contributed by atoms with van der Waals surface area (Å²) < 4.78 is 4.75. The first-order valence-electron chi connectivity index (χ1n) is 6.68. The highest BCUT2D eigenvalue weighted by molar-refractivity contribution is 5.96. The Hall–Kier alpha value is -1.78. The Morgan fingerprint density at radius 3 is 2.89 bits per heavy atom. The van der Waals surface area contributed by atoms with Gasteiger partial charge in [0.05, 0.1) is 24.6 Å². The number of esters is 1. The molecule has 1 heterocycles. The summed E-state index contributed by atoms with van der Waals surface area (Å²) in [6.07, 6.45) is 6.22. The van der Waals surface area contributed by atoms with Crippen molar-refractivity contribution in [1.82, 2.24) is 4.98 Å². The molecule has 0 radical (unpaired) electrons. The molecule has 5 nitrogen and oxygen atoms in total. The molecule has 106 valence electrons. The van der Waals surface area contributed by atoms with E-state index in [0.717, 1.165) is 6.42 Å². The lowest BCUT2D eigenvalue weighted by atomic mass is 10.1. The number of nitrogen functional groups attached to an aromatic ring is 1. The third kappa shape index (κ3) is 4.77. The van der Waals surface area contributed by atoms with Crippen molar-refractivity contribution in [2.45, 2.75) is 45.6 Å². The summed E-state index contributed by atoms with van der Waals surface area (Å²) in [7, 11) is 1.35. The number of hydrogen-bond donors (Lipinski definition) is 2. The molecule has 0 amide bonds. The van der Waals surface area contributed by atoms with Crippen LogP contribution in [0.3, 0.4) is 0 Å². The summed E-state index contributed by atoms with van der Waals surface area (Å²) in [6.45, 7) is 4.27. The molecule has 0 aromatic carbocycles. The molecular weight excluding hydrogens is 242 g/mol. The van der Waals surface area contributed by atoms with Gasteiger partial charge in [0.25, 0.3) is 0 Å². The molecule has 19 heavy (non-hydrogen) atoms. The lowest BCUT2D eigenvalue weighted by Crippen LogP contribution is -2.18. The number of hydrogen-bond acceptors (Lipinski definition) is 5. The molecule has 1 unspecified atom stereocenters. The fourth-order valence-corrected chi connectivity index (χ4v) is 1.90. The summed E-state index contributed by atoms with van der Waals surface area (Å²) in [6, 6.07) is 1.81. The molecule has 3 N–H and O–H groups in total.